The Kier molecular flexibility index (Phi) is 3.64. The lowest BCUT2D eigenvalue weighted by Gasteiger charge is -2.07. The fraction of sp³-hybridized carbons (Fsp3) is 0.500. The zero-order chi connectivity index (χ0) is 14.1. The van der Waals surface area contributed by atoms with Crippen LogP contribution in [0.5, 0.6) is 0 Å². The maximum absolute atomic E-state index is 12.4. The summed E-state index contributed by atoms with van der Waals surface area (Å²) >= 11 is 0. The van der Waals surface area contributed by atoms with Gasteiger partial charge in [-0.05, 0) is 68.2 Å². The Morgan fingerprint density at radius 1 is 1.20 bits per heavy atom. The third-order valence-electron chi connectivity index (χ3n) is 4.82. The summed E-state index contributed by atoms with van der Waals surface area (Å²) in [4.78, 5) is 12.4. The van der Waals surface area contributed by atoms with Crippen LogP contribution in [0.15, 0.2) is 30.4 Å². The number of carbonyl (C=O) groups is 1. The molecule has 0 radical (unpaired) electrons. The van der Waals surface area contributed by atoms with Crippen molar-refractivity contribution in [1.82, 2.24) is 0 Å². The molecule has 3 atom stereocenters. The molecule has 1 saturated carbocycles. The second-order valence-corrected chi connectivity index (χ2v) is 6.27. The molecule has 2 aliphatic rings. The zero-order valence-electron chi connectivity index (χ0n) is 12.4. The van der Waals surface area contributed by atoms with Crippen molar-refractivity contribution in [2.75, 3.05) is 5.32 Å². The van der Waals surface area contributed by atoms with E-state index >= 15 is 0 Å². The fourth-order valence-electron chi connectivity index (χ4n) is 3.34. The SMILES string of the molecule is Cc1ccc(NC(=O)[C@@H]2[C@H]3C=CCCCC[C@H]32)cc1C. The largest absolute Gasteiger partial charge is 0.326 e. The highest BCUT2D eigenvalue weighted by molar-refractivity contribution is 5.95. The molecule has 0 heterocycles. The van der Waals surface area contributed by atoms with Gasteiger partial charge in [-0.2, -0.15) is 0 Å². The molecule has 1 N–H and O–H groups in total. The quantitative estimate of drug-likeness (QED) is 0.800. The van der Waals surface area contributed by atoms with Crippen LogP contribution in [0.25, 0.3) is 0 Å². The van der Waals surface area contributed by atoms with E-state index in [2.05, 4.69) is 43.4 Å². The van der Waals surface area contributed by atoms with Gasteiger partial charge in [0.2, 0.25) is 5.91 Å². The van der Waals surface area contributed by atoms with Crippen molar-refractivity contribution in [1.29, 1.82) is 0 Å². The summed E-state index contributed by atoms with van der Waals surface area (Å²) in [5.74, 6) is 1.47. The van der Waals surface area contributed by atoms with Gasteiger partial charge in [0, 0.05) is 11.6 Å². The Balaban J connectivity index is 1.66. The minimum atomic E-state index is 0.200. The molecule has 2 aliphatic carbocycles. The lowest BCUT2D eigenvalue weighted by atomic mass is 10.1. The van der Waals surface area contributed by atoms with Crippen LogP contribution in [0.3, 0.4) is 0 Å². The van der Waals surface area contributed by atoms with Gasteiger partial charge in [0.05, 0.1) is 0 Å². The van der Waals surface area contributed by atoms with E-state index < -0.39 is 0 Å². The number of benzene rings is 1. The predicted molar refractivity (Wildman–Crippen MR) is 82.6 cm³/mol. The van der Waals surface area contributed by atoms with Crippen LogP contribution in [0.2, 0.25) is 0 Å². The number of hydrogen-bond donors (Lipinski definition) is 1. The molecule has 1 fully saturated rings. The van der Waals surface area contributed by atoms with Crippen LogP contribution < -0.4 is 5.32 Å². The Hall–Kier alpha value is -1.57. The molecule has 0 aromatic heterocycles. The first-order chi connectivity index (χ1) is 9.66. The number of aryl methyl sites for hydroxylation is 2. The highest BCUT2D eigenvalue weighted by atomic mass is 16.2. The number of carbonyl (C=O) groups excluding carboxylic acids is 1. The molecule has 0 saturated heterocycles. The van der Waals surface area contributed by atoms with Crippen LogP contribution in [0, 0.1) is 31.6 Å². The monoisotopic (exact) mass is 269 g/mol. The lowest BCUT2D eigenvalue weighted by molar-refractivity contribution is -0.117. The van der Waals surface area contributed by atoms with Gasteiger partial charge in [0.1, 0.15) is 0 Å². The van der Waals surface area contributed by atoms with Crippen LogP contribution in [-0.4, -0.2) is 5.91 Å². The number of anilines is 1. The summed E-state index contributed by atoms with van der Waals surface area (Å²) in [7, 11) is 0. The summed E-state index contributed by atoms with van der Waals surface area (Å²) in [6.07, 6.45) is 9.45. The molecule has 1 aromatic carbocycles. The third kappa shape index (κ3) is 2.65. The van der Waals surface area contributed by atoms with Gasteiger partial charge in [0.15, 0.2) is 0 Å². The summed E-state index contributed by atoms with van der Waals surface area (Å²) in [6.45, 7) is 4.17. The molecule has 2 heteroatoms. The first-order valence-electron chi connectivity index (χ1n) is 7.71. The Morgan fingerprint density at radius 2 is 2.05 bits per heavy atom. The molecule has 0 spiro atoms. The first-order valence-corrected chi connectivity index (χ1v) is 7.71. The van der Waals surface area contributed by atoms with E-state index in [1.807, 2.05) is 6.07 Å². The minimum Gasteiger partial charge on any atom is -0.326 e. The molecule has 0 aliphatic heterocycles. The first kappa shape index (κ1) is 13.4. The number of amides is 1. The van der Waals surface area contributed by atoms with E-state index in [-0.39, 0.29) is 11.8 Å². The molecule has 0 bridgehead atoms. The Bertz CT molecular complexity index is 546. The van der Waals surface area contributed by atoms with Gasteiger partial charge in [-0.25, -0.2) is 0 Å². The van der Waals surface area contributed by atoms with Gasteiger partial charge >= 0.3 is 0 Å². The molecule has 3 rings (SSSR count). The molecule has 1 amide bonds. The zero-order valence-corrected chi connectivity index (χ0v) is 12.4. The van der Waals surface area contributed by atoms with Gasteiger partial charge in [-0.15, -0.1) is 0 Å². The number of rotatable bonds is 2. The summed E-state index contributed by atoms with van der Waals surface area (Å²) in [6, 6.07) is 6.13. The Labute approximate surface area is 121 Å². The van der Waals surface area contributed by atoms with Gasteiger partial charge in [0.25, 0.3) is 0 Å². The molecule has 0 unspecified atom stereocenters. The molecular formula is C18H23NO. The van der Waals surface area contributed by atoms with Crippen molar-refractivity contribution >= 4 is 11.6 Å². The van der Waals surface area contributed by atoms with E-state index in [0.29, 0.717) is 11.8 Å². The maximum Gasteiger partial charge on any atom is 0.228 e. The standard InChI is InChI=1S/C18H23NO/c1-12-9-10-14(11-13(12)2)19-18(20)17-15-7-5-3-4-6-8-16(15)17/h5,7,9-11,15-17H,3-4,6,8H2,1-2H3,(H,19,20)/t15-,16+,17+/m0/s1. The summed E-state index contributed by atoms with van der Waals surface area (Å²) < 4.78 is 0. The number of nitrogens with one attached hydrogen (secondary N) is 1. The summed E-state index contributed by atoms with van der Waals surface area (Å²) in [5, 5.41) is 3.10. The van der Waals surface area contributed by atoms with Crippen molar-refractivity contribution in [3.63, 3.8) is 0 Å². The molecular weight excluding hydrogens is 246 g/mol. The van der Waals surface area contributed by atoms with E-state index in [4.69, 9.17) is 0 Å². The van der Waals surface area contributed by atoms with Crippen molar-refractivity contribution in [2.45, 2.75) is 39.5 Å². The highest BCUT2D eigenvalue weighted by Gasteiger charge is 2.52. The smallest absolute Gasteiger partial charge is 0.228 e. The van der Waals surface area contributed by atoms with Crippen LogP contribution >= 0.6 is 0 Å². The average molecular weight is 269 g/mol. The van der Waals surface area contributed by atoms with Crippen molar-refractivity contribution in [3.05, 3.63) is 41.5 Å². The number of allylic oxidation sites excluding steroid dienone is 2. The molecule has 1 aromatic rings. The van der Waals surface area contributed by atoms with Crippen molar-refractivity contribution in [2.24, 2.45) is 17.8 Å². The summed E-state index contributed by atoms with van der Waals surface area (Å²) in [5.41, 5.74) is 3.42. The van der Waals surface area contributed by atoms with Gasteiger partial charge in [-0.3, -0.25) is 4.79 Å². The van der Waals surface area contributed by atoms with E-state index in [1.54, 1.807) is 0 Å². The number of fused-ring (bicyclic) bond motifs is 1. The van der Waals surface area contributed by atoms with E-state index in [0.717, 1.165) is 5.69 Å². The van der Waals surface area contributed by atoms with Crippen molar-refractivity contribution < 1.29 is 4.79 Å². The third-order valence-corrected chi connectivity index (χ3v) is 4.82. The van der Waals surface area contributed by atoms with E-state index in [1.165, 1.54) is 36.8 Å². The minimum absolute atomic E-state index is 0.200. The van der Waals surface area contributed by atoms with Crippen LogP contribution in [0.1, 0.15) is 36.8 Å². The Morgan fingerprint density at radius 3 is 2.85 bits per heavy atom. The second-order valence-electron chi connectivity index (χ2n) is 6.27. The normalized spacial score (nSPS) is 28.2. The molecule has 106 valence electrons. The lowest BCUT2D eigenvalue weighted by Crippen LogP contribution is -2.15. The molecule has 20 heavy (non-hydrogen) atoms. The fourth-order valence-corrected chi connectivity index (χ4v) is 3.34. The van der Waals surface area contributed by atoms with Crippen molar-refractivity contribution in [3.8, 4) is 0 Å². The second kappa shape index (κ2) is 5.43. The topological polar surface area (TPSA) is 29.1 Å². The van der Waals surface area contributed by atoms with E-state index in [9.17, 15) is 4.79 Å². The molecule has 2 nitrogen and oxygen atoms in total. The maximum atomic E-state index is 12.4. The highest BCUT2D eigenvalue weighted by Crippen LogP contribution is 2.51. The average Bonchev–Trinajstić information content (AvgIpc) is 3.05. The van der Waals surface area contributed by atoms with Crippen LogP contribution in [0.4, 0.5) is 5.69 Å². The van der Waals surface area contributed by atoms with Gasteiger partial charge < -0.3 is 5.32 Å². The van der Waals surface area contributed by atoms with Gasteiger partial charge in [-0.1, -0.05) is 24.6 Å². The predicted octanol–water partition coefficient (Wildman–Crippen LogP) is 4.23. The number of hydrogen-bond acceptors (Lipinski definition) is 1. The van der Waals surface area contributed by atoms with Crippen LogP contribution in [-0.2, 0) is 4.79 Å².